The molecule has 10 aromatic rings. The summed E-state index contributed by atoms with van der Waals surface area (Å²) in [6.45, 7) is 0. The summed E-state index contributed by atoms with van der Waals surface area (Å²) in [6, 6.07) is 54.8. The molecule has 220 valence electrons. The molecule has 0 bridgehead atoms. The monoisotopic (exact) mass is 602 g/mol. The van der Waals surface area contributed by atoms with Crippen molar-refractivity contribution in [3.63, 3.8) is 0 Å². The highest BCUT2D eigenvalue weighted by atomic mass is 16.3. The first kappa shape index (κ1) is 25.9. The summed E-state index contributed by atoms with van der Waals surface area (Å²) in [5.74, 6) is 0.907. The van der Waals surface area contributed by atoms with Gasteiger partial charge in [-0.25, -0.2) is 4.98 Å². The van der Waals surface area contributed by atoms with Gasteiger partial charge in [-0.05, 0) is 71.3 Å². The maximum absolute atomic E-state index is 6.43. The second-order valence-corrected chi connectivity index (χ2v) is 11.9. The van der Waals surface area contributed by atoms with Crippen LogP contribution in [0.25, 0.3) is 94.2 Å². The molecule has 0 spiro atoms. The predicted molar refractivity (Wildman–Crippen MR) is 192 cm³/mol. The van der Waals surface area contributed by atoms with Crippen molar-refractivity contribution in [2.24, 2.45) is 0 Å². The summed E-state index contributed by atoms with van der Waals surface area (Å²) in [7, 11) is 0. The van der Waals surface area contributed by atoms with Gasteiger partial charge >= 0.3 is 0 Å². The van der Waals surface area contributed by atoms with E-state index in [-0.39, 0.29) is 0 Å². The van der Waals surface area contributed by atoms with Crippen molar-refractivity contribution in [2.45, 2.75) is 0 Å². The molecule has 0 fully saturated rings. The van der Waals surface area contributed by atoms with Crippen molar-refractivity contribution in [1.29, 1.82) is 0 Å². The zero-order valence-corrected chi connectivity index (χ0v) is 25.2. The van der Waals surface area contributed by atoms with E-state index in [1.165, 1.54) is 0 Å². The molecule has 10 rings (SSSR count). The van der Waals surface area contributed by atoms with Gasteiger partial charge in [0.2, 0.25) is 0 Å². The van der Waals surface area contributed by atoms with Crippen LogP contribution in [0.1, 0.15) is 0 Å². The third-order valence-electron chi connectivity index (χ3n) is 9.22. The second kappa shape index (κ2) is 10.1. The maximum Gasteiger partial charge on any atom is 0.145 e. The van der Waals surface area contributed by atoms with Crippen LogP contribution >= 0.6 is 0 Å². The molecule has 0 aliphatic heterocycles. The Balaban J connectivity index is 1.16. The molecule has 0 aliphatic rings. The minimum atomic E-state index is 0.856. The molecule has 0 unspecified atom stereocenters. The van der Waals surface area contributed by atoms with Crippen molar-refractivity contribution in [3.8, 4) is 39.3 Å². The number of imidazole rings is 1. The zero-order valence-electron chi connectivity index (χ0n) is 25.2. The van der Waals surface area contributed by atoms with E-state index < -0.39 is 0 Å². The number of nitrogens with zero attached hydrogens (tertiary/aromatic N) is 2. The van der Waals surface area contributed by atoms with Gasteiger partial charge in [-0.1, -0.05) is 103 Å². The molecule has 0 saturated carbocycles. The lowest BCUT2D eigenvalue weighted by atomic mass is 9.96. The Morgan fingerprint density at radius 3 is 2.11 bits per heavy atom. The molecule has 7 aromatic carbocycles. The van der Waals surface area contributed by atoms with Crippen LogP contribution in [0, 0.1) is 0 Å². The van der Waals surface area contributed by atoms with Gasteiger partial charge in [0.25, 0.3) is 0 Å². The molecule has 0 atom stereocenters. The molecule has 0 N–H and O–H groups in total. The van der Waals surface area contributed by atoms with Crippen LogP contribution in [0.2, 0.25) is 0 Å². The van der Waals surface area contributed by atoms with E-state index in [1.807, 2.05) is 24.3 Å². The van der Waals surface area contributed by atoms with E-state index in [2.05, 4.69) is 138 Å². The van der Waals surface area contributed by atoms with Crippen LogP contribution in [0.15, 0.2) is 167 Å². The average molecular weight is 603 g/mol. The summed E-state index contributed by atoms with van der Waals surface area (Å²) < 4.78 is 15.1. The van der Waals surface area contributed by atoms with Gasteiger partial charge in [-0.2, -0.15) is 0 Å². The van der Waals surface area contributed by atoms with Crippen molar-refractivity contribution >= 4 is 54.9 Å². The van der Waals surface area contributed by atoms with E-state index in [1.54, 1.807) is 0 Å². The highest BCUT2D eigenvalue weighted by molar-refractivity contribution is 6.15. The number of furan rings is 2. The minimum Gasteiger partial charge on any atom is -0.456 e. The van der Waals surface area contributed by atoms with Gasteiger partial charge < -0.3 is 8.83 Å². The van der Waals surface area contributed by atoms with Crippen LogP contribution in [-0.4, -0.2) is 9.55 Å². The zero-order chi connectivity index (χ0) is 30.9. The first-order chi connectivity index (χ1) is 23.3. The van der Waals surface area contributed by atoms with Crippen LogP contribution in [0.5, 0.6) is 0 Å². The fourth-order valence-corrected chi connectivity index (χ4v) is 7.09. The normalized spacial score (nSPS) is 11.8. The number of hydrogen-bond acceptors (Lipinski definition) is 3. The number of benzene rings is 7. The van der Waals surface area contributed by atoms with E-state index in [4.69, 9.17) is 13.8 Å². The third-order valence-corrected chi connectivity index (χ3v) is 9.22. The minimum absolute atomic E-state index is 0.856. The lowest BCUT2D eigenvalue weighted by Crippen LogP contribution is -1.97. The second-order valence-electron chi connectivity index (χ2n) is 11.9. The summed E-state index contributed by atoms with van der Waals surface area (Å²) in [4.78, 5) is 5.12. The highest BCUT2D eigenvalue weighted by Crippen LogP contribution is 2.41. The number of para-hydroxylation sites is 5. The number of hydrogen-bond donors (Lipinski definition) is 0. The molecule has 4 nitrogen and oxygen atoms in total. The summed E-state index contributed by atoms with van der Waals surface area (Å²) in [6.07, 6.45) is 0. The molecule has 0 radical (unpaired) electrons. The van der Waals surface area contributed by atoms with Gasteiger partial charge in [-0.15, -0.1) is 0 Å². The van der Waals surface area contributed by atoms with Crippen molar-refractivity contribution in [1.82, 2.24) is 9.55 Å². The number of fused-ring (bicyclic) bond motifs is 7. The SMILES string of the molecule is c1ccc(-n2c(-c3cccc(-c4cccc5oc6ccc(-c7cccc8c7oc7ccccc78)cc6c45)c3)nc3ccccc32)cc1. The molecular weight excluding hydrogens is 576 g/mol. The van der Waals surface area contributed by atoms with Crippen LogP contribution in [0.3, 0.4) is 0 Å². The van der Waals surface area contributed by atoms with Crippen LogP contribution < -0.4 is 0 Å². The average Bonchev–Trinajstić information content (AvgIpc) is 3.83. The molecule has 0 aliphatic carbocycles. The largest absolute Gasteiger partial charge is 0.456 e. The fraction of sp³-hybridized carbons (Fsp3) is 0. The fourth-order valence-electron chi connectivity index (χ4n) is 7.09. The third kappa shape index (κ3) is 3.98. The lowest BCUT2D eigenvalue weighted by Gasteiger charge is -2.11. The Morgan fingerprint density at radius 2 is 1.15 bits per heavy atom. The summed E-state index contributed by atoms with van der Waals surface area (Å²) in [5, 5.41) is 4.41. The molecular formula is C43H26N2O2. The Kier molecular flexibility index (Phi) is 5.54. The van der Waals surface area contributed by atoms with Gasteiger partial charge in [0.1, 0.15) is 28.2 Å². The molecule has 47 heavy (non-hydrogen) atoms. The smallest absolute Gasteiger partial charge is 0.145 e. The Hall–Kier alpha value is -6.39. The molecule has 4 heteroatoms. The quantitative estimate of drug-likeness (QED) is 0.201. The van der Waals surface area contributed by atoms with E-state index in [0.717, 1.165) is 94.2 Å². The van der Waals surface area contributed by atoms with Crippen molar-refractivity contribution < 1.29 is 8.83 Å². The summed E-state index contributed by atoms with van der Waals surface area (Å²) >= 11 is 0. The van der Waals surface area contributed by atoms with E-state index >= 15 is 0 Å². The Labute approximate surface area is 269 Å². The molecule has 3 aromatic heterocycles. The highest BCUT2D eigenvalue weighted by Gasteiger charge is 2.18. The lowest BCUT2D eigenvalue weighted by molar-refractivity contribution is 0.668. The first-order valence-corrected chi connectivity index (χ1v) is 15.8. The summed E-state index contributed by atoms with van der Waals surface area (Å²) in [5.41, 5.74) is 12.1. The van der Waals surface area contributed by atoms with Gasteiger partial charge in [0, 0.05) is 38.4 Å². The Bertz CT molecular complexity index is 2800. The van der Waals surface area contributed by atoms with Crippen LogP contribution in [0.4, 0.5) is 0 Å². The van der Waals surface area contributed by atoms with Gasteiger partial charge in [0.05, 0.1) is 11.0 Å². The first-order valence-electron chi connectivity index (χ1n) is 15.8. The van der Waals surface area contributed by atoms with Crippen LogP contribution in [-0.2, 0) is 0 Å². The number of aromatic nitrogens is 2. The Morgan fingerprint density at radius 1 is 0.447 bits per heavy atom. The topological polar surface area (TPSA) is 44.1 Å². The molecule has 0 amide bonds. The predicted octanol–water partition coefficient (Wildman–Crippen LogP) is 11.8. The van der Waals surface area contributed by atoms with Crippen molar-refractivity contribution in [3.05, 3.63) is 158 Å². The van der Waals surface area contributed by atoms with Gasteiger partial charge in [-0.3, -0.25) is 4.57 Å². The van der Waals surface area contributed by atoms with E-state index in [9.17, 15) is 0 Å². The standard InChI is InChI=1S/C43H26N2O2/c1-2-13-30(14-3-1)45-37-20-6-5-19-36(37)44-43(45)29-12-8-11-27(25-29)31-16-10-22-40-41(31)35-26-28(23-24-39(35)46-40)32-17-9-18-34-33-15-4-7-21-38(33)47-42(32)34/h1-26H. The molecule has 0 saturated heterocycles. The molecule has 3 heterocycles. The van der Waals surface area contributed by atoms with Gasteiger partial charge in [0.15, 0.2) is 0 Å². The maximum atomic E-state index is 6.43. The van der Waals surface area contributed by atoms with Crippen molar-refractivity contribution in [2.75, 3.05) is 0 Å². The van der Waals surface area contributed by atoms with E-state index in [0.29, 0.717) is 0 Å². The number of rotatable bonds is 4.